The van der Waals surface area contributed by atoms with E-state index in [9.17, 15) is 9.59 Å². The van der Waals surface area contributed by atoms with E-state index in [0.29, 0.717) is 31.8 Å². The molecule has 0 unspecified atom stereocenters. The SMILES string of the molecule is CC(C)COC(=O)CCCCC(=O)OCCO. The second-order valence-corrected chi connectivity index (χ2v) is 4.23. The minimum Gasteiger partial charge on any atom is -0.465 e. The van der Waals surface area contributed by atoms with E-state index in [1.54, 1.807) is 0 Å². The van der Waals surface area contributed by atoms with E-state index in [0.717, 1.165) is 0 Å². The van der Waals surface area contributed by atoms with Gasteiger partial charge in [-0.3, -0.25) is 9.59 Å². The van der Waals surface area contributed by atoms with Crippen molar-refractivity contribution in [1.82, 2.24) is 0 Å². The summed E-state index contributed by atoms with van der Waals surface area (Å²) in [6, 6.07) is 0. The van der Waals surface area contributed by atoms with Crippen LogP contribution in [0.5, 0.6) is 0 Å². The van der Waals surface area contributed by atoms with Gasteiger partial charge >= 0.3 is 11.9 Å². The summed E-state index contributed by atoms with van der Waals surface area (Å²) in [6.45, 7) is 4.27. The average molecular weight is 246 g/mol. The molecule has 0 aliphatic rings. The zero-order valence-electron chi connectivity index (χ0n) is 10.6. The maximum Gasteiger partial charge on any atom is 0.305 e. The van der Waals surface area contributed by atoms with Crippen LogP contribution in [0.15, 0.2) is 0 Å². The molecular formula is C12H22O5. The summed E-state index contributed by atoms with van der Waals surface area (Å²) in [5.74, 6) is -0.218. The third kappa shape index (κ3) is 11.2. The Bertz CT molecular complexity index is 225. The molecular weight excluding hydrogens is 224 g/mol. The van der Waals surface area contributed by atoms with Gasteiger partial charge in [-0.15, -0.1) is 0 Å². The van der Waals surface area contributed by atoms with Crippen molar-refractivity contribution in [3.63, 3.8) is 0 Å². The molecule has 0 bridgehead atoms. The Kier molecular flexibility index (Phi) is 9.43. The molecule has 0 saturated carbocycles. The molecule has 5 nitrogen and oxygen atoms in total. The fraction of sp³-hybridized carbons (Fsp3) is 0.833. The maximum atomic E-state index is 11.2. The van der Waals surface area contributed by atoms with E-state index in [4.69, 9.17) is 9.84 Å². The first kappa shape index (κ1) is 15.9. The minimum absolute atomic E-state index is 0.0370. The van der Waals surface area contributed by atoms with E-state index in [2.05, 4.69) is 4.74 Å². The first-order valence-electron chi connectivity index (χ1n) is 5.98. The molecule has 0 rings (SSSR count). The maximum absolute atomic E-state index is 11.2. The summed E-state index contributed by atoms with van der Waals surface area (Å²) in [5.41, 5.74) is 0. The van der Waals surface area contributed by atoms with Gasteiger partial charge in [0, 0.05) is 12.8 Å². The molecule has 0 heterocycles. The second kappa shape index (κ2) is 10.1. The summed E-state index contributed by atoms with van der Waals surface area (Å²) in [7, 11) is 0. The summed E-state index contributed by atoms with van der Waals surface area (Å²) < 4.78 is 9.66. The van der Waals surface area contributed by atoms with Crippen LogP contribution < -0.4 is 0 Å². The number of aliphatic hydroxyl groups is 1. The number of aliphatic hydroxyl groups excluding tert-OH is 1. The highest BCUT2D eigenvalue weighted by Crippen LogP contribution is 2.04. The average Bonchev–Trinajstić information content (AvgIpc) is 2.29. The van der Waals surface area contributed by atoms with Crippen LogP contribution in [-0.2, 0) is 19.1 Å². The quantitative estimate of drug-likeness (QED) is 0.490. The fourth-order valence-electron chi connectivity index (χ4n) is 1.10. The van der Waals surface area contributed by atoms with E-state index in [1.807, 2.05) is 13.8 Å². The van der Waals surface area contributed by atoms with Crippen LogP contribution in [0.1, 0.15) is 39.5 Å². The van der Waals surface area contributed by atoms with Gasteiger partial charge in [0.2, 0.25) is 0 Å². The van der Waals surface area contributed by atoms with Gasteiger partial charge in [-0.1, -0.05) is 13.8 Å². The van der Waals surface area contributed by atoms with Gasteiger partial charge < -0.3 is 14.6 Å². The number of unbranched alkanes of at least 4 members (excludes halogenated alkanes) is 1. The minimum atomic E-state index is -0.338. The number of carbonyl (C=O) groups excluding carboxylic acids is 2. The zero-order valence-corrected chi connectivity index (χ0v) is 10.6. The Labute approximate surface area is 102 Å². The van der Waals surface area contributed by atoms with Crippen molar-refractivity contribution >= 4 is 11.9 Å². The summed E-state index contributed by atoms with van der Waals surface area (Å²) in [6.07, 6.45) is 1.82. The van der Waals surface area contributed by atoms with E-state index >= 15 is 0 Å². The van der Waals surface area contributed by atoms with E-state index < -0.39 is 0 Å². The molecule has 0 fully saturated rings. The van der Waals surface area contributed by atoms with Gasteiger partial charge in [0.1, 0.15) is 6.61 Å². The van der Waals surface area contributed by atoms with Crippen LogP contribution in [0, 0.1) is 5.92 Å². The highest BCUT2D eigenvalue weighted by atomic mass is 16.5. The third-order valence-corrected chi connectivity index (χ3v) is 1.94. The summed E-state index contributed by atoms with van der Waals surface area (Å²) >= 11 is 0. The molecule has 0 aromatic carbocycles. The van der Waals surface area contributed by atoms with Crippen molar-refractivity contribution in [2.45, 2.75) is 39.5 Å². The standard InChI is InChI=1S/C12H22O5/c1-10(2)9-17-12(15)6-4-3-5-11(14)16-8-7-13/h10,13H,3-9H2,1-2H3. The largest absolute Gasteiger partial charge is 0.465 e. The van der Waals surface area contributed by atoms with Crippen LogP contribution in [0.2, 0.25) is 0 Å². The monoisotopic (exact) mass is 246 g/mol. The Morgan fingerprint density at radius 3 is 2.06 bits per heavy atom. The van der Waals surface area contributed by atoms with Gasteiger partial charge in [0.25, 0.3) is 0 Å². The Morgan fingerprint density at radius 2 is 1.59 bits per heavy atom. The Balaban J connectivity index is 3.38. The van der Waals surface area contributed by atoms with Gasteiger partial charge in [-0.2, -0.15) is 0 Å². The molecule has 0 aromatic rings. The summed E-state index contributed by atoms with van der Waals surface area (Å²) in [4.78, 5) is 22.2. The Morgan fingerprint density at radius 1 is 1.06 bits per heavy atom. The normalized spacial score (nSPS) is 10.4. The van der Waals surface area contributed by atoms with Crippen molar-refractivity contribution in [3.05, 3.63) is 0 Å². The number of rotatable bonds is 9. The molecule has 17 heavy (non-hydrogen) atoms. The number of hydrogen-bond acceptors (Lipinski definition) is 5. The lowest BCUT2D eigenvalue weighted by molar-refractivity contribution is -0.146. The van der Waals surface area contributed by atoms with Gasteiger partial charge in [-0.25, -0.2) is 0 Å². The number of esters is 2. The number of carbonyl (C=O) groups is 2. The van der Waals surface area contributed by atoms with Crippen molar-refractivity contribution in [3.8, 4) is 0 Å². The van der Waals surface area contributed by atoms with Crippen molar-refractivity contribution < 1.29 is 24.2 Å². The van der Waals surface area contributed by atoms with Crippen molar-refractivity contribution in [2.75, 3.05) is 19.8 Å². The fourth-order valence-corrected chi connectivity index (χ4v) is 1.10. The summed E-state index contributed by atoms with van der Waals surface area (Å²) in [5, 5.41) is 8.42. The molecule has 0 aliphatic heterocycles. The molecule has 0 radical (unpaired) electrons. The highest BCUT2D eigenvalue weighted by Gasteiger charge is 2.06. The topological polar surface area (TPSA) is 72.8 Å². The van der Waals surface area contributed by atoms with Gasteiger partial charge in [-0.05, 0) is 18.8 Å². The number of ether oxygens (including phenoxy) is 2. The Hall–Kier alpha value is -1.10. The zero-order chi connectivity index (χ0) is 13.1. The molecule has 0 aromatic heterocycles. The third-order valence-electron chi connectivity index (χ3n) is 1.94. The second-order valence-electron chi connectivity index (χ2n) is 4.23. The lowest BCUT2D eigenvalue weighted by Gasteiger charge is -2.06. The van der Waals surface area contributed by atoms with Crippen LogP contribution in [-0.4, -0.2) is 36.9 Å². The lowest BCUT2D eigenvalue weighted by atomic mass is 10.2. The van der Waals surface area contributed by atoms with E-state index in [1.165, 1.54) is 0 Å². The molecule has 0 aliphatic carbocycles. The molecule has 0 amide bonds. The molecule has 100 valence electrons. The predicted molar refractivity (Wildman–Crippen MR) is 62.3 cm³/mol. The highest BCUT2D eigenvalue weighted by molar-refractivity contribution is 5.70. The molecule has 0 atom stereocenters. The van der Waals surface area contributed by atoms with Gasteiger partial charge in [0.05, 0.1) is 13.2 Å². The predicted octanol–water partition coefficient (Wildman–Crippen LogP) is 1.28. The van der Waals surface area contributed by atoms with Crippen LogP contribution in [0.3, 0.4) is 0 Å². The van der Waals surface area contributed by atoms with Crippen LogP contribution in [0.25, 0.3) is 0 Å². The number of hydrogen-bond donors (Lipinski definition) is 1. The molecule has 0 spiro atoms. The van der Waals surface area contributed by atoms with Crippen molar-refractivity contribution in [2.24, 2.45) is 5.92 Å². The smallest absolute Gasteiger partial charge is 0.305 e. The lowest BCUT2D eigenvalue weighted by Crippen LogP contribution is -2.10. The molecule has 5 heteroatoms. The van der Waals surface area contributed by atoms with E-state index in [-0.39, 0.29) is 31.6 Å². The first-order chi connectivity index (χ1) is 8.06. The molecule has 1 N–H and O–H groups in total. The van der Waals surface area contributed by atoms with Crippen LogP contribution >= 0.6 is 0 Å². The first-order valence-corrected chi connectivity index (χ1v) is 5.98. The van der Waals surface area contributed by atoms with Crippen LogP contribution in [0.4, 0.5) is 0 Å². The van der Waals surface area contributed by atoms with Crippen molar-refractivity contribution in [1.29, 1.82) is 0 Å². The molecule has 0 saturated heterocycles. The van der Waals surface area contributed by atoms with Gasteiger partial charge in [0.15, 0.2) is 0 Å².